The molecule has 12 nitrogen and oxygen atoms in total. The Balaban J connectivity index is 2.40. The van der Waals surface area contributed by atoms with E-state index in [0.717, 1.165) is 70.6 Å². The fourth-order valence-corrected chi connectivity index (χ4v) is 8.14. The normalized spacial score (nSPS) is 22.6. The molecule has 0 aromatic heterocycles. The first-order valence-electron chi connectivity index (χ1n) is 24.0. The van der Waals surface area contributed by atoms with Gasteiger partial charge in [-0.3, -0.25) is 13.8 Å². The Bertz CT molecular complexity index is 1190. The fourth-order valence-electron chi connectivity index (χ4n) is 7.17. The average molecular weight is 887 g/mol. The first kappa shape index (κ1) is 57.3. The van der Waals surface area contributed by atoms with Crippen LogP contribution in [0, 0.1) is 0 Å². The Morgan fingerprint density at radius 3 is 1.48 bits per heavy atom. The van der Waals surface area contributed by atoms with Gasteiger partial charge < -0.3 is 39.9 Å². The van der Waals surface area contributed by atoms with Crippen LogP contribution in [-0.4, -0.2) is 98.9 Å². The van der Waals surface area contributed by atoms with E-state index in [-0.39, 0.29) is 13.0 Å². The van der Waals surface area contributed by atoms with Crippen LogP contribution in [0.4, 0.5) is 0 Å². The lowest BCUT2D eigenvalue weighted by Gasteiger charge is -2.41. The summed E-state index contributed by atoms with van der Waals surface area (Å²) in [6.07, 6.45) is 34.6. The summed E-state index contributed by atoms with van der Waals surface area (Å²) in [4.78, 5) is 23.2. The summed E-state index contributed by atoms with van der Waals surface area (Å²) in [5, 5.41) is 50.2. The van der Waals surface area contributed by atoms with Crippen molar-refractivity contribution in [3.63, 3.8) is 0 Å². The van der Waals surface area contributed by atoms with Crippen molar-refractivity contribution in [3.8, 4) is 0 Å². The van der Waals surface area contributed by atoms with Crippen molar-refractivity contribution in [2.45, 2.75) is 230 Å². The molecule has 0 saturated heterocycles. The smallest absolute Gasteiger partial charge is 0.457 e. The molecule has 1 saturated carbocycles. The molecule has 356 valence electrons. The van der Waals surface area contributed by atoms with E-state index in [1.807, 2.05) is 0 Å². The maximum atomic E-state index is 12.8. The molecule has 0 amide bonds. The van der Waals surface area contributed by atoms with E-state index in [0.29, 0.717) is 13.0 Å². The van der Waals surface area contributed by atoms with E-state index in [1.54, 1.807) is 0 Å². The molecule has 0 aromatic carbocycles. The molecule has 1 rings (SSSR count). The molecule has 13 heteroatoms. The van der Waals surface area contributed by atoms with Crippen LogP contribution in [0.3, 0.4) is 0 Å². The second-order valence-corrected chi connectivity index (χ2v) is 18.0. The summed E-state index contributed by atoms with van der Waals surface area (Å²) in [7, 11) is -5.03. The van der Waals surface area contributed by atoms with Gasteiger partial charge in [-0.25, -0.2) is 4.57 Å². The van der Waals surface area contributed by atoms with Crippen molar-refractivity contribution < 1.29 is 58.3 Å². The molecule has 0 aliphatic heterocycles. The minimum Gasteiger partial charge on any atom is -0.457 e. The van der Waals surface area contributed by atoms with Gasteiger partial charge in [0.15, 0.2) is 0 Å². The van der Waals surface area contributed by atoms with Crippen molar-refractivity contribution >= 4 is 13.8 Å². The minimum atomic E-state index is -5.03. The number of phosphoric ester groups is 1. The third-order valence-electron chi connectivity index (χ3n) is 11.0. The Hall–Kier alpha value is -1.70. The highest BCUT2D eigenvalue weighted by Crippen LogP contribution is 2.47. The van der Waals surface area contributed by atoms with Crippen molar-refractivity contribution in [2.24, 2.45) is 0 Å². The molecule has 0 aromatic rings. The lowest BCUT2D eigenvalue weighted by molar-refractivity contribution is -0.220. The third-order valence-corrected chi connectivity index (χ3v) is 12.0. The molecule has 0 bridgehead atoms. The Kier molecular flexibility index (Phi) is 36.4. The Morgan fingerprint density at radius 1 is 0.541 bits per heavy atom. The zero-order valence-corrected chi connectivity index (χ0v) is 38.8. The Labute approximate surface area is 369 Å². The summed E-state index contributed by atoms with van der Waals surface area (Å²) >= 11 is 0. The first-order valence-corrected chi connectivity index (χ1v) is 25.5. The molecule has 6 N–H and O–H groups in total. The number of phosphoric acid groups is 1. The van der Waals surface area contributed by atoms with E-state index in [4.69, 9.17) is 18.5 Å². The van der Waals surface area contributed by atoms with Crippen LogP contribution in [0.1, 0.15) is 187 Å². The van der Waals surface area contributed by atoms with Gasteiger partial charge in [-0.15, -0.1) is 0 Å². The SMILES string of the molecule is CC/C=C\C/C=C\C/C=C\C/C=C\CCCCCCC(=O)OC(COCCCCCCCCCCCCCCCCCCC)COP(=O)(O)OC1C(O)C(O)C(O)C(O)C1O. The fraction of sp³-hybridized carbons (Fsp3) is 0.812. The van der Waals surface area contributed by atoms with Gasteiger partial charge >= 0.3 is 13.8 Å². The highest BCUT2D eigenvalue weighted by atomic mass is 31.2. The number of allylic oxidation sites excluding steroid dienone is 8. The molecule has 1 fully saturated rings. The average Bonchev–Trinajstić information content (AvgIpc) is 3.24. The monoisotopic (exact) mass is 887 g/mol. The predicted molar refractivity (Wildman–Crippen MR) is 244 cm³/mol. The molecule has 0 heterocycles. The number of aliphatic hydroxyl groups is 5. The minimum absolute atomic E-state index is 0.0856. The lowest BCUT2D eigenvalue weighted by Crippen LogP contribution is -2.64. The summed E-state index contributed by atoms with van der Waals surface area (Å²) in [5.41, 5.74) is 0. The van der Waals surface area contributed by atoms with Crippen molar-refractivity contribution in [1.82, 2.24) is 0 Å². The van der Waals surface area contributed by atoms with Crippen molar-refractivity contribution in [1.29, 1.82) is 0 Å². The largest absolute Gasteiger partial charge is 0.472 e. The predicted octanol–water partition coefficient (Wildman–Crippen LogP) is 10.0. The highest BCUT2D eigenvalue weighted by Gasteiger charge is 2.51. The van der Waals surface area contributed by atoms with E-state index < -0.39 is 63.1 Å². The quantitative estimate of drug-likeness (QED) is 0.0148. The zero-order chi connectivity index (χ0) is 44.8. The molecule has 61 heavy (non-hydrogen) atoms. The summed E-state index contributed by atoms with van der Waals surface area (Å²) < 4.78 is 34.2. The van der Waals surface area contributed by atoms with Crippen LogP contribution < -0.4 is 0 Å². The number of esters is 1. The van der Waals surface area contributed by atoms with Crippen LogP contribution in [0.2, 0.25) is 0 Å². The topological polar surface area (TPSA) is 192 Å². The van der Waals surface area contributed by atoms with Gasteiger partial charge in [-0.1, -0.05) is 178 Å². The van der Waals surface area contributed by atoms with Gasteiger partial charge in [0.05, 0.1) is 13.2 Å². The molecule has 1 aliphatic carbocycles. The maximum absolute atomic E-state index is 12.8. The van der Waals surface area contributed by atoms with E-state index in [1.165, 1.54) is 89.9 Å². The molecular formula is C48H87O12P. The van der Waals surface area contributed by atoms with E-state index >= 15 is 0 Å². The summed E-state index contributed by atoms with van der Waals surface area (Å²) in [6, 6.07) is 0. The van der Waals surface area contributed by atoms with Gasteiger partial charge in [0.25, 0.3) is 0 Å². The maximum Gasteiger partial charge on any atom is 0.472 e. The van der Waals surface area contributed by atoms with Gasteiger partial charge in [0.1, 0.15) is 42.7 Å². The molecule has 1 aliphatic rings. The molecule has 6 unspecified atom stereocenters. The van der Waals surface area contributed by atoms with Gasteiger partial charge in [-0.2, -0.15) is 0 Å². The number of carbonyl (C=O) groups is 1. The standard InChI is InChI=1S/C48H87O12P/c1-3-5-7-9-11-13-15-17-19-21-23-25-27-29-31-33-35-37-42(49)59-41(40-58-61(55,56)60-48-46(53)44(51)43(50)45(52)47(48)54)39-57-38-36-34-32-30-28-26-24-22-20-18-16-14-12-10-8-6-4-2/h5,7,11,13,17,19,23,25,41,43-48,50-54H,3-4,6,8-10,12,14-16,18,20-22,24,26-40H2,1-2H3,(H,55,56)/b7-5-,13-11-,19-17-,25-23-. The summed E-state index contributed by atoms with van der Waals surface area (Å²) in [5.74, 6) is -0.499. The number of ether oxygens (including phenoxy) is 2. The van der Waals surface area contributed by atoms with Crippen LogP contribution in [0.5, 0.6) is 0 Å². The number of unbranched alkanes of at least 4 members (excludes halogenated alkanes) is 20. The van der Waals surface area contributed by atoms with Gasteiger partial charge in [-0.05, 0) is 51.4 Å². The number of rotatable bonds is 40. The summed E-state index contributed by atoms with van der Waals surface area (Å²) in [6.45, 7) is 4.13. The highest BCUT2D eigenvalue weighted by molar-refractivity contribution is 7.47. The molecule has 0 spiro atoms. The first-order chi connectivity index (χ1) is 29.5. The molecular weight excluding hydrogens is 799 g/mol. The number of aliphatic hydroxyl groups excluding tert-OH is 5. The van der Waals surface area contributed by atoms with Crippen molar-refractivity contribution in [2.75, 3.05) is 19.8 Å². The number of carbonyl (C=O) groups excluding carboxylic acids is 1. The van der Waals surface area contributed by atoms with Crippen LogP contribution in [0.25, 0.3) is 0 Å². The number of hydrogen-bond donors (Lipinski definition) is 6. The van der Waals surface area contributed by atoms with Crippen molar-refractivity contribution in [3.05, 3.63) is 48.6 Å². The second-order valence-electron chi connectivity index (χ2n) is 16.6. The molecule has 6 atom stereocenters. The second kappa shape index (κ2) is 38.7. The van der Waals surface area contributed by atoms with E-state index in [9.17, 15) is 39.8 Å². The number of hydrogen-bond acceptors (Lipinski definition) is 11. The van der Waals surface area contributed by atoms with Crippen LogP contribution >= 0.6 is 7.82 Å². The van der Waals surface area contributed by atoms with Gasteiger partial charge in [0.2, 0.25) is 0 Å². The zero-order valence-electron chi connectivity index (χ0n) is 38.0. The van der Waals surface area contributed by atoms with E-state index in [2.05, 4.69) is 62.5 Å². The molecule has 0 radical (unpaired) electrons. The van der Waals surface area contributed by atoms with Crippen LogP contribution in [0.15, 0.2) is 48.6 Å². The van der Waals surface area contributed by atoms with Crippen LogP contribution in [-0.2, 0) is 27.9 Å². The third kappa shape index (κ3) is 30.9. The lowest BCUT2D eigenvalue weighted by atomic mass is 9.85. The van der Waals surface area contributed by atoms with Gasteiger partial charge in [0, 0.05) is 13.0 Å². The Morgan fingerprint density at radius 2 is 0.967 bits per heavy atom.